The third kappa shape index (κ3) is 1.79. The molecule has 84 valence electrons. The Bertz CT molecular complexity index is 664. The Morgan fingerprint density at radius 2 is 1.69 bits per heavy atom. The van der Waals surface area contributed by atoms with E-state index in [1.54, 1.807) is 24.3 Å². The van der Waals surface area contributed by atoms with E-state index in [1.807, 2.05) is 0 Å². The third-order valence-corrected chi connectivity index (χ3v) is 3.93. The molecule has 0 unspecified atom stereocenters. The van der Waals surface area contributed by atoms with Gasteiger partial charge < -0.3 is 5.11 Å². The van der Waals surface area contributed by atoms with Crippen LogP contribution in [0, 0.1) is 0 Å². The normalized spacial score (nSPS) is 11.9. The van der Waals surface area contributed by atoms with Crippen molar-refractivity contribution in [3.8, 4) is 5.75 Å². The quantitative estimate of drug-likeness (QED) is 0.794. The summed E-state index contributed by atoms with van der Waals surface area (Å²) in [7, 11) is -4.35. The van der Waals surface area contributed by atoms with Gasteiger partial charge in [0.15, 0.2) is 0 Å². The summed E-state index contributed by atoms with van der Waals surface area (Å²) in [4.78, 5) is -0.302. The standard InChI is InChI=1S/C10H7BrO4S/c11-10-7-4-2-1-3-6(7)9(5-8(10)12)16(13,14)15/h1-5,12H,(H,13,14,15). The Labute approximate surface area is 100 Å². The first kappa shape index (κ1) is 11.4. The molecule has 0 heterocycles. The van der Waals surface area contributed by atoms with Crippen LogP contribution in [0.2, 0.25) is 0 Å². The zero-order valence-corrected chi connectivity index (χ0v) is 10.3. The van der Waals surface area contributed by atoms with E-state index in [2.05, 4.69) is 15.9 Å². The van der Waals surface area contributed by atoms with Gasteiger partial charge in [-0.2, -0.15) is 8.42 Å². The highest BCUT2D eigenvalue weighted by molar-refractivity contribution is 9.10. The van der Waals surface area contributed by atoms with Crippen LogP contribution in [-0.2, 0) is 10.1 Å². The SMILES string of the molecule is O=S(=O)(O)c1cc(O)c(Br)c2ccccc12. The van der Waals surface area contributed by atoms with Crippen molar-refractivity contribution in [1.82, 2.24) is 0 Å². The van der Waals surface area contributed by atoms with Crippen molar-refractivity contribution in [1.29, 1.82) is 0 Å². The molecule has 6 heteroatoms. The summed E-state index contributed by atoms with van der Waals surface area (Å²) in [6, 6.07) is 7.58. The highest BCUT2D eigenvalue weighted by atomic mass is 79.9. The van der Waals surface area contributed by atoms with E-state index in [9.17, 15) is 13.5 Å². The molecule has 0 aromatic heterocycles. The summed E-state index contributed by atoms with van der Waals surface area (Å²) in [5.74, 6) is -0.230. The largest absolute Gasteiger partial charge is 0.507 e. The van der Waals surface area contributed by atoms with E-state index < -0.39 is 10.1 Å². The highest BCUT2D eigenvalue weighted by Crippen LogP contribution is 2.36. The second kappa shape index (κ2) is 3.73. The van der Waals surface area contributed by atoms with E-state index in [4.69, 9.17) is 4.55 Å². The Balaban J connectivity index is 3.02. The van der Waals surface area contributed by atoms with Gasteiger partial charge in [-0.15, -0.1) is 0 Å². The molecule has 0 radical (unpaired) electrons. The molecule has 2 aromatic carbocycles. The maximum absolute atomic E-state index is 11.1. The lowest BCUT2D eigenvalue weighted by atomic mass is 10.1. The predicted octanol–water partition coefficient (Wildman–Crippen LogP) is 2.55. The van der Waals surface area contributed by atoms with E-state index >= 15 is 0 Å². The molecule has 0 spiro atoms. The van der Waals surface area contributed by atoms with Crippen molar-refractivity contribution in [3.63, 3.8) is 0 Å². The molecule has 0 bridgehead atoms. The first-order valence-electron chi connectivity index (χ1n) is 4.29. The zero-order valence-electron chi connectivity index (χ0n) is 7.88. The second-order valence-corrected chi connectivity index (χ2v) is 5.41. The van der Waals surface area contributed by atoms with Crippen molar-refractivity contribution < 1.29 is 18.1 Å². The number of benzene rings is 2. The molecule has 0 aliphatic heterocycles. The molecular weight excluding hydrogens is 296 g/mol. The van der Waals surface area contributed by atoms with E-state index in [0.717, 1.165) is 6.07 Å². The molecule has 0 fully saturated rings. The topological polar surface area (TPSA) is 74.6 Å². The van der Waals surface area contributed by atoms with Crippen LogP contribution in [-0.4, -0.2) is 18.1 Å². The van der Waals surface area contributed by atoms with Crippen molar-refractivity contribution in [2.75, 3.05) is 0 Å². The maximum Gasteiger partial charge on any atom is 0.295 e. The summed E-state index contributed by atoms with van der Waals surface area (Å²) in [5.41, 5.74) is 0. The molecule has 0 saturated heterocycles. The van der Waals surface area contributed by atoms with Gasteiger partial charge in [0.25, 0.3) is 10.1 Å². The predicted molar refractivity (Wildman–Crippen MR) is 63.1 cm³/mol. The lowest BCUT2D eigenvalue weighted by Gasteiger charge is -2.07. The fourth-order valence-corrected chi connectivity index (χ4v) is 2.68. The minimum Gasteiger partial charge on any atom is -0.507 e. The summed E-state index contributed by atoms with van der Waals surface area (Å²) >= 11 is 3.16. The molecule has 2 N–H and O–H groups in total. The van der Waals surface area contributed by atoms with E-state index in [1.165, 1.54) is 0 Å². The van der Waals surface area contributed by atoms with Crippen LogP contribution < -0.4 is 0 Å². The van der Waals surface area contributed by atoms with Crippen molar-refractivity contribution in [2.24, 2.45) is 0 Å². The van der Waals surface area contributed by atoms with Gasteiger partial charge in [0.2, 0.25) is 0 Å². The molecule has 0 aliphatic carbocycles. The first-order valence-corrected chi connectivity index (χ1v) is 6.52. The molecule has 0 saturated carbocycles. The fourth-order valence-electron chi connectivity index (χ4n) is 1.51. The molecule has 0 atom stereocenters. The van der Waals surface area contributed by atoms with E-state index in [0.29, 0.717) is 15.2 Å². The van der Waals surface area contributed by atoms with Crippen molar-refractivity contribution >= 4 is 36.8 Å². The van der Waals surface area contributed by atoms with Crippen LogP contribution in [0.4, 0.5) is 0 Å². The third-order valence-electron chi connectivity index (χ3n) is 2.20. The number of phenolic OH excluding ortho intramolecular Hbond substituents is 1. The highest BCUT2D eigenvalue weighted by Gasteiger charge is 2.17. The number of hydrogen-bond acceptors (Lipinski definition) is 3. The lowest BCUT2D eigenvalue weighted by Crippen LogP contribution is -1.99. The van der Waals surface area contributed by atoms with Crippen molar-refractivity contribution in [2.45, 2.75) is 4.90 Å². The fraction of sp³-hybridized carbons (Fsp3) is 0. The average Bonchev–Trinajstić information content (AvgIpc) is 2.22. The summed E-state index contributed by atoms with van der Waals surface area (Å²) < 4.78 is 31.7. The van der Waals surface area contributed by atoms with Crippen LogP contribution in [0.3, 0.4) is 0 Å². The van der Waals surface area contributed by atoms with Crippen LogP contribution in [0.15, 0.2) is 39.7 Å². The van der Waals surface area contributed by atoms with Gasteiger partial charge in [-0.3, -0.25) is 4.55 Å². The van der Waals surface area contributed by atoms with E-state index in [-0.39, 0.29) is 10.6 Å². The number of rotatable bonds is 1. The van der Waals surface area contributed by atoms with Crippen LogP contribution in [0.1, 0.15) is 0 Å². The second-order valence-electron chi connectivity index (χ2n) is 3.23. The molecular formula is C10H7BrO4S. The van der Waals surface area contributed by atoms with Crippen molar-refractivity contribution in [3.05, 3.63) is 34.8 Å². The molecule has 2 rings (SSSR count). The average molecular weight is 303 g/mol. The van der Waals surface area contributed by atoms with Gasteiger partial charge in [0.05, 0.1) is 4.47 Å². The molecule has 16 heavy (non-hydrogen) atoms. The lowest BCUT2D eigenvalue weighted by molar-refractivity contribution is 0.465. The smallest absolute Gasteiger partial charge is 0.295 e. The van der Waals surface area contributed by atoms with Gasteiger partial charge in [-0.1, -0.05) is 24.3 Å². The van der Waals surface area contributed by atoms with Crippen LogP contribution in [0.25, 0.3) is 10.8 Å². The number of halogens is 1. The Morgan fingerprint density at radius 1 is 1.12 bits per heavy atom. The minimum atomic E-state index is -4.35. The number of fused-ring (bicyclic) bond motifs is 1. The number of aromatic hydroxyl groups is 1. The Kier molecular flexibility index (Phi) is 2.65. The number of phenols is 1. The first-order chi connectivity index (χ1) is 7.41. The molecule has 2 aromatic rings. The van der Waals surface area contributed by atoms with Gasteiger partial charge >= 0.3 is 0 Å². The Morgan fingerprint density at radius 3 is 2.25 bits per heavy atom. The summed E-state index contributed by atoms with van der Waals surface area (Å²) in [6.07, 6.45) is 0. The zero-order chi connectivity index (χ0) is 11.9. The molecule has 0 amide bonds. The van der Waals surface area contributed by atoms with Crippen LogP contribution >= 0.6 is 15.9 Å². The van der Waals surface area contributed by atoms with Gasteiger partial charge in [0, 0.05) is 16.8 Å². The maximum atomic E-state index is 11.1. The van der Waals surface area contributed by atoms with Gasteiger partial charge in [-0.25, -0.2) is 0 Å². The monoisotopic (exact) mass is 302 g/mol. The molecule has 4 nitrogen and oxygen atoms in total. The number of hydrogen-bond donors (Lipinski definition) is 2. The Hall–Kier alpha value is -1.11. The van der Waals surface area contributed by atoms with Crippen LogP contribution in [0.5, 0.6) is 5.75 Å². The summed E-state index contributed by atoms with van der Waals surface area (Å²) in [6.45, 7) is 0. The molecule has 0 aliphatic rings. The van der Waals surface area contributed by atoms with Gasteiger partial charge in [-0.05, 0) is 15.9 Å². The summed E-state index contributed by atoms with van der Waals surface area (Å²) in [5, 5.41) is 10.4. The minimum absolute atomic E-state index is 0.230. The van der Waals surface area contributed by atoms with Gasteiger partial charge in [0.1, 0.15) is 10.6 Å².